The van der Waals surface area contributed by atoms with Crippen molar-refractivity contribution in [1.82, 2.24) is 0 Å². The summed E-state index contributed by atoms with van der Waals surface area (Å²) in [4.78, 5) is 0. The summed E-state index contributed by atoms with van der Waals surface area (Å²) in [6.07, 6.45) is 4.32. The molecule has 0 amide bonds. The van der Waals surface area contributed by atoms with E-state index in [0.717, 1.165) is 12.8 Å². The van der Waals surface area contributed by atoms with E-state index in [1.54, 1.807) is 14.2 Å². The van der Waals surface area contributed by atoms with Gasteiger partial charge in [0.15, 0.2) is 6.29 Å². The molecule has 1 aliphatic carbocycles. The van der Waals surface area contributed by atoms with Crippen LogP contribution in [0.1, 0.15) is 43.4 Å². The highest BCUT2D eigenvalue weighted by atomic mass is 16.7. The summed E-state index contributed by atoms with van der Waals surface area (Å²) in [5.41, 5.74) is 4.81. The van der Waals surface area contributed by atoms with Crippen molar-refractivity contribution in [2.75, 3.05) is 14.2 Å². The van der Waals surface area contributed by atoms with E-state index in [9.17, 15) is 0 Å². The Labute approximate surface area is 110 Å². The van der Waals surface area contributed by atoms with Crippen LogP contribution in [0.4, 0.5) is 0 Å². The van der Waals surface area contributed by atoms with E-state index >= 15 is 0 Å². The third kappa shape index (κ3) is 2.76. The van der Waals surface area contributed by atoms with E-state index < -0.39 is 0 Å². The van der Waals surface area contributed by atoms with Gasteiger partial charge in [0.25, 0.3) is 0 Å². The van der Waals surface area contributed by atoms with Crippen molar-refractivity contribution in [3.63, 3.8) is 0 Å². The summed E-state index contributed by atoms with van der Waals surface area (Å²) >= 11 is 0. The fourth-order valence-electron chi connectivity index (χ4n) is 2.87. The Morgan fingerprint density at radius 3 is 2.61 bits per heavy atom. The molecule has 100 valence electrons. The minimum Gasteiger partial charge on any atom is -0.356 e. The first-order valence-corrected chi connectivity index (χ1v) is 6.74. The van der Waals surface area contributed by atoms with Crippen LogP contribution in [0.25, 0.3) is 0 Å². The molecule has 0 N–H and O–H groups in total. The van der Waals surface area contributed by atoms with Crippen LogP contribution >= 0.6 is 0 Å². The zero-order valence-corrected chi connectivity index (χ0v) is 12.0. The highest BCUT2D eigenvalue weighted by Gasteiger charge is 2.29. The van der Waals surface area contributed by atoms with Gasteiger partial charge in [-0.3, -0.25) is 0 Å². The van der Waals surface area contributed by atoms with E-state index in [2.05, 4.69) is 32.0 Å². The number of benzene rings is 1. The van der Waals surface area contributed by atoms with Crippen LogP contribution in [-0.2, 0) is 27.7 Å². The molecule has 0 aliphatic heterocycles. The predicted molar refractivity (Wildman–Crippen MR) is 73.9 cm³/mol. The minimum atomic E-state index is -0.0882. The highest BCUT2D eigenvalue weighted by molar-refractivity contribution is 5.40. The lowest BCUT2D eigenvalue weighted by molar-refractivity contribution is -0.105. The summed E-state index contributed by atoms with van der Waals surface area (Å²) in [5, 5.41) is 0. The van der Waals surface area contributed by atoms with Gasteiger partial charge in [-0.1, -0.05) is 32.0 Å². The molecule has 2 rings (SSSR count). The third-order valence-corrected chi connectivity index (χ3v) is 4.11. The molecular formula is C16H24O2. The smallest absolute Gasteiger partial charge is 0.157 e. The van der Waals surface area contributed by atoms with Gasteiger partial charge in [-0.25, -0.2) is 0 Å². The maximum absolute atomic E-state index is 5.22. The molecule has 1 aromatic carbocycles. The lowest BCUT2D eigenvalue weighted by Crippen LogP contribution is -2.14. The largest absolute Gasteiger partial charge is 0.356 e. The lowest BCUT2D eigenvalue weighted by Gasteiger charge is -2.19. The van der Waals surface area contributed by atoms with Crippen LogP contribution in [0.2, 0.25) is 0 Å². The van der Waals surface area contributed by atoms with Gasteiger partial charge < -0.3 is 9.47 Å². The summed E-state index contributed by atoms with van der Waals surface area (Å²) in [5.74, 6) is 0. The summed E-state index contributed by atoms with van der Waals surface area (Å²) in [7, 11) is 3.39. The maximum atomic E-state index is 5.22. The zero-order valence-electron chi connectivity index (χ0n) is 12.0. The number of ether oxygens (including phenoxy) is 2. The van der Waals surface area contributed by atoms with Crippen molar-refractivity contribution >= 4 is 0 Å². The van der Waals surface area contributed by atoms with Gasteiger partial charge >= 0.3 is 0 Å². The Morgan fingerprint density at radius 2 is 1.94 bits per heavy atom. The highest BCUT2D eigenvalue weighted by Crippen LogP contribution is 2.38. The van der Waals surface area contributed by atoms with E-state index in [-0.39, 0.29) is 6.29 Å². The SMILES string of the molecule is COC(CCc1ccc2c(c1)CCC2(C)C)OC. The molecule has 0 atom stereocenters. The molecule has 0 fully saturated rings. The fraction of sp³-hybridized carbons (Fsp3) is 0.625. The minimum absolute atomic E-state index is 0.0882. The first-order valence-electron chi connectivity index (χ1n) is 6.74. The standard InChI is InChI=1S/C16H24O2/c1-16(2)10-9-13-11-12(5-7-14(13)16)6-8-15(17-3)18-4/h5,7,11,15H,6,8-10H2,1-4H3. The Morgan fingerprint density at radius 1 is 1.22 bits per heavy atom. The second kappa shape index (κ2) is 5.41. The monoisotopic (exact) mass is 248 g/mol. The van der Waals surface area contributed by atoms with Crippen LogP contribution in [-0.4, -0.2) is 20.5 Å². The van der Waals surface area contributed by atoms with E-state index in [4.69, 9.17) is 9.47 Å². The number of methoxy groups -OCH3 is 2. The molecular weight excluding hydrogens is 224 g/mol. The first kappa shape index (κ1) is 13.6. The summed E-state index contributed by atoms with van der Waals surface area (Å²) in [6, 6.07) is 6.94. The van der Waals surface area contributed by atoms with Gasteiger partial charge in [-0.15, -0.1) is 0 Å². The van der Waals surface area contributed by atoms with Crippen LogP contribution in [0.3, 0.4) is 0 Å². The fourth-order valence-corrected chi connectivity index (χ4v) is 2.87. The molecule has 0 saturated carbocycles. The molecule has 2 nitrogen and oxygen atoms in total. The van der Waals surface area contributed by atoms with Gasteiger partial charge in [0.2, 0.25) is 0 Å². The molecule has 0 saturated heterocycles. The van der Waals surface area contributed by atoms with Crippen molar-refractivity contribution in [2.24, 2.45) is 0 Å². The van der Waals surface area contributed by atoms with Gasteiger partial charge in [0, 0.05) is 20.6 Å². The molecule has 0 spiro atoms. The molecule has 18 heavy (non-hydrogen) atoms. The quantitative estimate of drug-likeness (QED) is 0.743. The van der Waals surface area contributed by atoms with Crippen LogP contribution in [0.5, 0.6) is 0 Å². The average Bonchev–Trinajstić information content (AvgIpc) is 2.66. The third-order valence-electron chi connectivity index (χ3n) is 4.11. The topological polar surface area (TPSA) is 18.5 Å². The summed E-state index contributed by atoms with van der Waals surface area (Å²) < 4.78 is 10.4. The maximum Gasteiger partial charge on any atom is 0.157 e. The van der Waals surface area contributed by atoms with Gasteiger partial charge in [0.05, 0.1) is 0 Å². The lowest BCUT2D eigenvalue weighted by atomic mass is 9.86. The van der Waals surface area contributed by atoms with Crippen LogP contribution in [0.15, 0.2) is 18.2 Å². The number of fused-ring (bicyclic) bond motifs is 1. The van der Waals surface area contributed by atoms with Crippen molar-refractivity contribution in [2.45, 2.75) is 51.2 Å². The number of hydrogen-bond acceptors (Lipinski definition) is 2. The number of hydrogen-bond donors (Lipinski definition) is 0. The predicted octanol–water partition coefficient (Wildman–Crippen LogP) is 3.46. The molecule has 1 aliphatic rings. The van der Waals surface area contributed by atoms with Crippen molar-refractivity contribution in [1.29, 1.82) is 0 Å². The zero-order chi connectivity index (χ0) is 13.2. The summed E-state index contributed by atoms with van der Waals surface area (Å²) in [6.45, 7) is 4.68. The van der Waals surface area contributed by atoms with Crippen molar-refractivity contribution in [3.8, 4) is 0 Å². The first-order chi connectivity index (χ1) is 8.56. The van der Waals surface area contributed by atoms with E-state index in [1.165, 1.54) is 29.5 Å². The normalized spacial score (nSPS) is 17.2. The van der Waals surface area contributed by atoms with Gasteiger partial charge in [-0.05, 0) is 41.4 Å². The van der Waals surface area contributed by atoms with Crippen LogP contribution in [0, 0.1) is 0 Å². The molecule has 1 aromatic rings. The molecule has 0 unspecified atom stereocenters. The molecule has 0 bridgehead atoms. The second-order valence-electron chi connectivity index (χ2n) is 5.82. The van der Waals surface area contributed by atoms with Gasteiger partial charge in [-0.2, -0.15) is 0 Å². The molecule has 2 heteroatoms. The number of aryl methyl sites for hydroxylation is 2. The van der Waals surface area contributed by atoms with Crippen molar-refractivity contribution in [3.05, 3.63) is 34.9 Å². The van der Waals surface area contributed by atoms with Crippen molar-refractivity contribution < 1.29 is 9.47 Å². The second-order valence-corrected chi connectivity index (χ2v) is 5.82. The van der Waals surface area contributed by atoms with E-state index in [0.29, 0.717) is 5.41 Å². The molecule has 0 radical (unpaired) electrons. The molecule has 0 heterocycles. The number of rotatable bonds is 5. The Balaban J connectivity index is 2.05. The Kier molecular flexibility index (Phi) is 4.08. The average molecular weight is 248 g/mol. The van der Waals surface area contributed by atoms with Crippen LogP contribution < -0.4 is 0 Å². The Hall–Kier alpha value is -0.860. The van der Waals surface area contributed by atoms with E-state index in [1.807, 2.05) is 0 Å². The van der Waals surface area contributed by atoms with Gasteiger partial charge in [0.1, 0.15) is 0 Å². The molecule has 0 aromatic heterocycles. The Bertz CT molecular complexity index is 406.